The largest absolute Gasteiger partial charge is 0.390 e. The minimum Gasteiger partial charge on any atom is -0.390 e. The molecule has 1 N–H and O–H groups in total. The number of aliphatic hydroxyl groups is 1. The van der Waals surface area contributed by atoms with Crippen molar-refractivity contribution in [1.82, 2.24) is 9.38 Å². The molecule has 0 unspecified atom stereocenters. The van der Waals surface area contributed by atoms with Crippen molar-refractivity contribution in [3.05, 3.63) is 72.6 Å². The van der Waals surface area contributed by atoms with Crippen LogP contribution in [-0.4, -0.2) is 14.5 Å². The quantitative estimate of drug-likeness (QED) is 0.606. The molecule has 4 aromatic rings. The van der Waals surface area contributed by atoms with Crippen LogP contribution in [0, 0.1) is 0 Å². The first-order chi connectivity index (χ1) is 10.4. The molecule has 0 aliphatic heterocycles. The van der Waals surface area contributed by atoms with Crippen molar-refractivity contribution in [2.75, 3.05) is 0 Å². The summed E-state index contributed by atoms with van der Waals surface area (Å²) in [5.74, 6) is 0. The highest BCUT2D eigenvalue weighted by Gasteiger charge is 2.13. The van der Waals surface area contributed by atoms with Gasteiger partial charge in [0, 0.05) is 11.8 Å². The Morgan fingerprint density at radius 3 is 2.57 bits per heavy atom. The van der Waals surface area contributed by atoms with Gasteiger partial charge >= 0.3 is 0 Å². The molecule has 0 aliphatic carbocycles. The summed E-state index contributed by atoms with van der Waals surface area (Å²) >= 11 is 0. The molecule has 102 valence electrons. The Morgan fingerprint density at radius 1 is 0.905 bits per heavy atom. The minimum atomic E-state index is -0.0344. The van der Waals surface area contributed by atoms with Crippen molar-refractivity contribution in [3.8, 4) is 11.3 Å². The summed E-state index contributed by atoms with van der Waals surface area (Å²) in [6, 6.07) is 20.4. The Hall–Kier alpha value is -2.65. The van der Waals surface area contributed by atoms with Gasteiger partial charge in [-0.2, -0.15) is 0 Å². The van der Waals surface area contributed by atoms with Crippen LogP contribution in [0.15, 0.2) is 66.9 Å². The number of imidazole rings is 1. The lowest BCUT2D eigenvalue weighted by molar-refractivity contribution is 0.276. The minimum absolute atomic E-state index is 0.0344. The summed E-state index contributed by atoms with van der Waals surface area (Å²) in [5.41, 5.74) is 3.54. The third-order valence-electron chi connectivity index (χ3n) is 3.80. The topological polar surface area (TPSA) is 37.5 Å². The lowest BCUT2D eigenvalue weighted by Gasteiger charge is -2.04. The second-order valence-electron chi connectivity index (χ2n) is 5.06. The number of fused-ring (bicyclic) bond motifs is 2. The maximum atomic E-state index is 9.72. The van der Waals surface area contributed by atoms with Gasteiger partial charge in [0.15, 0.2) is 0 Å². The van der Waals surface area contributed by atoms with Gasteiger partial charge in [0.25, 0.3) is 0 Å². The first-order valence-electron chi connectivity index (χ1n) is 6.93. The van der Waals surface area contributed by atoms with Crippen LogP contribution < -0.4 is 0 Å². The molecule has 0 saturated carbocycles. The molecule has 0 fully saturated rings. The van der Waals surface area contributed by atoms with Crippen molar-refractivity contribution < 1.29 is 5.11 Å². The van der Waals surface area contributed by atoms with Crippen LogP contribution in [0.1, 0.15) is 5.69 Å². The molecule has 2 aromatic carbocycles. The monoisotopic (exact) mass is 274 g/mol. The van der Waals surface area contributed by atoms with Gasteiger partial charge < -0.3 is 9.51 Å². The van der Waals surface area contributed by atoms with E-state index in [-0.39, 0.29) is 6.61 Å². The van der Waals surface area contributed by atoms with Gasteiger partial charge in [0.05, 0.1) is 18.0 Å². The van der Waals surface area contributed by atoms with E-state index in [9.17, 15) is 5.11 Å². The molecule has 21 heavy (non-hydrogen) atoms. The molecule has 3 nitrogen and oxygen atoms in total. The van der Waals surface area contributed by atoms with E-state index < -0.39 is 0 Å². The predicted molar refractivity (Wildman–Crippen MR) is 84.1 cm³/mol. The molecule has 0 spiro atoms. The summed E-state index contributed by atoms with van der Waals surface area (Å²) in [4.78, 5) is 4.66. The van der Waals surface area contributed by atoms with Crippen LogP contribution in [-0.2, 0) is 6.61 Å². The zero-order chi connectivity index (χ0) is 14.2. The second-order valence-corrected chi connectivity index (χ2v) is 5.06. The first-order valence-corrected chi connectivity index (χ1v) is 6.93. The predicted octanol–water partition coefficient (Wildman–Crippen LogP) is 3.65. The van der Waals surface area contributed by atoms with Crippen LogP contribution in [0.5, 0.6) is 0 Å². The summed E-state index contributed by atoms with van der Waals surface area (Å²) in [6.07, 6.45) is 1.93. The van der Waals surface area contributed by atoms with Crippen molar-refractivity contribution >= 4 is 16.4 Å². The standard InChI is InChI=1S/C18H14N2O/c21-12-16-18(19-17-7-3-4-10-20(16)17)15-9-8-13-5-1-2-6-14(13)11-15/h1-11,21H,12H2. The summed E-state index contributed by atoms with van der Waals surface area (Å²) in [6.45, 7) is -0.0344. The van der Waals surface area contributed by atoms with Gasteiger partial charge in [0.2, 0.25) is 0 Å². The van der Waals surface area contributed by atoms with E-state index in [0.717, 1.165) is 22.6 Å². The molecule has 3 heteroatoms. The van der Waals surface area contributed by atoms with Crippen LogP contribution in [0.4, 0.5) is 0 Å². The van der Waals surface area contributed by atoms with E-state index >= 15 is 0 Å². The third kappa shape index (κ3) is 1.90. The van der Waals surface area contributed by atoms with E-state index in [0.29, 0.717) is 0 Å². The molecule has 2 heterocycles. The van der Waals surface area contributed by atoms with Crippen molar-refractivity contribution in [2.24, 2.45) is 0 Å². The van der Waals surface area contributed by atoms with Crippen molar-refractivity contribution in [2.45, 2.75) is 6.61 Å². The molecule has 0 saturated heterocycles. The fourth-order valence-electron chi connectivity index (χ4n) is 2.77. The van der Waals surface area contributed by atoms with E-state index in [1.54, 1.807) is 0 Å². The van der Waals surface area contributed by atoms with E-state index in [1.165, 1.54) is 10.8 Å². The summed E-state index contributed by atoms with van der Waals surface area (Å²) < 4.78 is 1.94. The Bertz CT molecular complexity index is 940. The van der Waals surface area contributed by atoms with Gasteiger partial charge in [0.1, 0.15) is 5.65 Å². The van der Waals surface area contributed by atoms with E-state index in [1.807, 2.05) is 40.9 Å². The Kier molecular flexibility index (Phi) is 2.72. The van der Waals surface area contributed by atoms with Crippen LogP contribution >= 0.6 is 0 Å². The van der Waals surface area contributed by atoms with Crippen molar-refractivity contribution in [3.63, 3.8) is 0 Å². The number of pyridine rings is 1. The number of rotatable bonds is 2. The lowest BCUT2D eigenvalue weighted by atomic mass is 10.0. The molecular weight excluding hydrogens is 260 g/mol. The Balaban J connectivity index is 1.99. The molecule has 0 radical (unpaired) electrons. The number of nitrogens with zero attached hydrogens (tertiary/aromatic N) is 2. The van der Waals surface area contributed by atoms with Gasteiger partial charge in [-0.05, 0) is 29.0 Å². The summed E-state index contributed by atoms with van der Waals surface area (Å²) in [5, 5.41) is 12.1. The highest BCUT2D eigenvalue weighted by Crippen LogP contribution is 2.27. The van der Waals surface area contributed by atoms with Gasteiger partial charge in [-0.15, -0.1) is 0 Å². The average Bonchev–Trinajstić information content (AvgIpc) is 2.93. The second kappa shape index (κ2) is 4.72. The van der Waals surface area contributed by atoms with Gasteiger partial charge in [-0.1, -0.05) is 42.5 Å². The molecule has 0 amide bonds. The summed E-state index contributed by atoms with van der Waals surface area (Å²) in [7, 11) is 0. The Morgan fingerprint density at radius 2 is 1.71 bits per heavy atom. The number of aliphatic hydroxyl groups excluding tert-OH is 1. The first kappa shape index (κ1) is 12.1. The maximum Gasteiger partial charge on any atom is 0.137 e. The molecule has 0 aliphatic rings. The Labute approximate surface area is 122 Å². The van der Waals surface area contributed by atoms with Gasteiger partial charge in [-0.3, -0.25) is 0 Å². The highest BCUT2D eigenvalue weighted by molar-refractivity contribution is 5.87. The normalized spacial score (nSPS) is 11.3. The fraction of sp³-hybridized carbons (Fsp3) is 0.0556. The highest BCUT2D eigenvalue weighted by atomic mass is 16.3. The average molecular weight is 274 g/mol. The van der Waals surface area contributed by atoms with E-state index in [2.05, 4.69) is 35.3 Å². The maximum absolute atomic E-state index is 9.72. The fourth-order valence-corrected chi connectivity index (χ4v) is 2.77. The van der Waals surface area contributed by atoms with Crippen LogP contribution in [0.25, 0.3) is 27.7 Å². The number of hydrogen-bond donors (Lipinski definition) is 1. The molecule has 4 rings (SSSR count). The molecular formula is C18H14N2O. The van der Waals surface area contributed by atoms with E-state index in [4.69, 9.17) is 0 Å². The van der Waals surface area contributed by atoms with Gasteiger partial charge in [-0.25, -0.2) is 4.98 Å². The van der Waals surface area contributed by atoms with Crippen molar-refractivity contribution in [1.29, 1.82) is 0 Å². The third-order valence-corrected chi connectivity index (χ3v) is 3.80. The van der Waals surface area contributed by atoms with Crippen LogP contribution in [0.3, 0.4) is 0 Å². The SMILES string of the molecule is OCc1c(-c2ccc3ccccc3c2)nc2ccccn12. The molecule has 0 bridgehead atoms. The zero-order valence-corrected chi connectivity index (χ0v) is 11.4. The van der Waals surface area contributed by atoms with Crippen LogP contribution in [0.2, 0.25) is 0 Å². The number of benzene rings is 2. The molecule has 0 atom stereocenters. The zero-order valence-electron chi connectivity index (χ0n) is 11.4. The smallest absolute Gasteiger partial charge is 0.137 e. The lowest BCUT2D eigenvalue weighted by Crippen LogP contribution is -1.93. The molecule has 2 aromatic heterocycles. The number of aromatic nitrogens is 2. The number of hydrogen-bond acceptors (Lipinski definition) is 2.